The van der Waals surface area contributed by atoms with Gasteiger partial charge in [-0.05, 0) is 0 Å². The van der Waals surface area contributed by atoms with Gasteiger partial charge in [0, 0.05) is 7.05 Å². The quantitative estimate of drug-likeness (QED) is 0.579. The first-order valence-corrected chi connectivity index (χ1v) is 4.65. The number of rotatable bonds is 0. The molecule has 1 rings (SSSR count). The zero-order valence-electron chi connectivity index (χ0n) is 10.4. The molecule has 0 atom stereocenters. The molecule has 0 unspecified atom stereocenters. The second kappa shape index (κ2) is 30.8. The summed E-state index contributed by atoms with van der Waals surface area (Å²) < 4.78 is 5.91. The summed E-state index contributed by atoms with van der Waals surface area (Å²) in [4.78, 5) is 0. The Labute approximate surface area is 84.0 Å². The van der Waals surface area contributed by atoms with Crippen molar-refractivity contribution in [2.75, 3.05) is 7.05 Å². The molecule has 2 heteroatoms. The average molecular weight is 183 g/mol. The standard InChI is InChI=1S/C6H6.2C2H6.CH4N2/c1-2-4-6-5-3-1;2*1-2;1-3-2/h1-6H;2*1-2H3;2H,1H3/i/hD. The topological polar surface area (TPSA) is 36.2 Å². The van der Waals surface area contributed by atoms with E-state index >= 15 is 0 Å². The molecule has 0 aliphatic carbocycles. The normalized spacial score (nSPS) is 7.62. The maximum absolute atomic E-state index is 5.91. The van der Waals surface area contributed by atoms with Gasteiger partial charge in [-0.2, -0.15) is 0 Å². The molecule has 0 saturated carbocycles. The minimum absolute atomic E-state index is 1.45. The van der Waals surface area contributed by atoms with Crippen LogP contribution in [0.25, 0.3) is 0 Å². The fourth-order valence-corrected chi connectivity index (χ4v) is 0.385. The molecule has 0 radical (unpaired) electrons. The summed E-state index contributed by atoms with van der Waals surface area (Å²) in [7, 11) is 1.45. The van der Waals surface area contributed by atoms with Gasteiger partial charge in [-0.3, -0.25) is 0 Å². The van der Waals surface area contributed by atoms with Crippen molar-refractivity contribution in [1.82, 2.24) is 0 Å². The van der Waals surface area contributed by atoms with Crippen LogP contribution in [-0.2, 0) is 0 Å². The third kappa shape index (κ3) is 36.2. The van der Waals surface area contributed by atoms with Crippen molar-refractivity contribution < 1.29 is 1.41 Å². The fraction of sp³-hybridized carbons (Fsp3) is 0.455. The molecule has 0 fully saturated rings. The minimum Gasteiger partial charge on any atom is -0.210 e. The van der Waals surface area contributed by atoms with Crippen molar-refractivity contribution in [3.05, 3.63) is 36.4 Å². The van der Waals surface area contributed by atoms with E-state index in [-0.39, 0.29) is 0 Å². The molecule has 1 aromatic rings. The van der Waals surface area contributed by atoms with E-state index in [1.807, 2.05) is 64.1 Å². The van der Waals surface area contributed by atoms with Gasteiger partial charge in [0.25, 0.3) is 0 Å². The largest absolute Gasteiger partial charge is 0.213 e. The first kappa shape index (κ1) is 14.3. The monoisotopic (exact) mass is 183 g/mol. The van der Waals surface area contributed by atoms with Crippen molar-refractivity contribution >= 4 is 0 Å². The summed E-state index contributed by atoms with van der Waals surface area (Å²) in [6.07, 6.45) is 0. The van der Waals surface area contributed by atoms with E-state index < -0.39 is 0 Å². The first-order chi connectivity index (χ1) is 6.91. The van der Waals surface area contributed by atoms with Crippen LogP contribution in [0.1, 0.15) is 27.7 Å². The lowest BCUT2D eigenvalue weighted by molar-refractivity contribution is 1.09. The number of benzene rings is 1. The van der Waals surface area contributed by atoms with Crippen LogP contribution in [0.3, 0.4) is 0 Å². The Bertz CT molecular complexity index is 133. The molecule has 1 aromatic carbocycles. The zero-order chi connectivity index (χ0) is 11.7. The van der Waals surface area contributed by atoms with Gasteiger partial charge in [-0.15, -0.1) is 0 Å². The molecule has 0 saturated heterocycles. The highest BCUT2D eigenvalue weighted by molar-refractivity contribution is 4.99. The van der Waals surface area contributed by atoms with Crippen molar-refractivity contribution in [2.24, 2.45) is 5.11 Å². The molecule has 1 N–H and O–H groups in total. The van der Waals surface area contributed by atoms with Crippen LogP contribution in [0.15, 0.2) is 41.5 Å². The van der Waals surface area contributed by atoms with Crippen LogP contribution in [0, 0.1) is 5.52 Å². The van der Waals surface area contributed by atoms with Gasteiger partial charge in [0.1, 0.15) is 0 Å². The van der Waals surface area contributed by atoms with E-state index in [9.17, 15) is 0 Å². The number of hydrogen-bond donors (Lipinski definition) is 1. The molecular formula is C11H22N2. The third-order valence-electron chi connectivity index (χ3n) is 0.667. The van der Waals surface area contributed by atoms with Crippen LogP contribution in [0.2, 0.25) is 1.41 Å². The highest BCUT2D eigenvalue weighted by Crippen LogP contribution is 1.79. The van der Waals surface area contributed by atoms with E-state index in [0.717, 1.165) is 0 Å². The molecular weight excluding hydrogens is 160 g/mol. The molecule has 76 valence electrons. The van der Waals surface area contributed by atoms with E-state index in [1.165, 1.54) is 7.05 Å². The van der Waals surface area contributed by atoms with Crippen molar-refractivity contribution in [2.45, 2.75) is 27.7 Å². The van der Waals surface area contributed by atoms with Gasteiger partial charge in [0.2, 0.25) is 1.41 Å². The fourth-order valence-electron chi connectivity index (χ4n) is 0.385. The molecule has 0 aliphatic heterocycles. The van der Waals surface area contributed by atoms with Gasteiger partial charge in [-0.25, -0.2) is 10.6 Å². The van der Waals surface area contributed by atoms with Gasteiger partial charge in [0.05, 0.1) is 0 Å². The van der Waals surface area contributed by atoms with Crippen molar-refractivity contribution in [3.8, 4) is 0 Å². The predicted molar refractivity (Wildman–Crippen MR) is 60.2 cm³/mol. The number of nitrogens with zero attached hydrogens (tertiary/aromatic N) is 1. The summed E-state index contributed by atoms with van der Waals surface area (Å²) in [5.41, 5.74) is 2.61. The van der Waals surface area contributed by atoms with E-state index in [0.29, 0.717) is 0 Å². The first-order valence-electron chi connectivity index (χ1n) is 5.09. The lowest BCUT2D eigenvalue weighted by Gasteiger charge is -1.69. The highest BCUT2D eigenvalue weighted by atomic mass is 14.9. The SMILES string of the molecule is CC.CC.[2H]N=NC.c1ccccc1. The van der Waals surface area contributed by atoms with Crippen LogP contribution in [0.4, 0.5) is 0 Å². The van der Waals surface area contributed by atoms with E-state index in [2.05, 4.69) is 10.6 Å². The Balaban J connectivity index is -0.000000134. The summed E-state index contributed by atoms with van der Waals surface area (Å²) in [6.45, 7) is 8.00. The van der Waals surface area contributed by atoms with Crippen molar-refractivity contribution in [1.29, 1.82) is 5.52 Å². The second-order valence-corrected chi connectivity index (χ2v) is 1.35. The zero-order valence-corrected chi connectivity index (χ0v) is 9.36. The Morgan fingerprint density at radius 2 is 1.00 bits per heavy atom. The molecule has 2 nitrogen and oxygen atoms in total. The van der Waals surface area contributed by atoms with Crippen molar-refractivity contribution in [3.63, 3.8) is 0 Å². The summed E-state index contributed by atoms with van der Waals surface area (Å²) in [5, 5.41) is 3.03. The van der Waals surface area contributed by atoms with Crippen LogP contribution < -0.4 is 0 Å². The summed E-state index contributed by atoms with van der Waals surface area (Å²) in [6, 6.07) is 12.0. The van der Waals surface area contributed by atoms with E-state index in [4.69, 9.17) is 1.41 Å². The average Bonchev–Trinajstić information content (AvgIpc) is 2.36. The van der Waals surface area contributed by atoms with Crippen LogP contribution >= 0.6 is 0 Å². The van der Waals surface area contributed by atoms with Gasteiger partial charge in [-0.1, -0.05) is 64.1 Å². The maximum atomic E-state index is 5.91. The Hall–Kier alpha value is -1.18. The second-order valence-electron chi connectivity index (χ2n) is 1.35. The Morgan fingerprint density at radius 1 is 0.846 bits per heavy atom. The molecule has 0 bridgehead atoms. The minimum atomic E-state index is 1.45. The Morgan fingerprint density at radius 3 is 1.08 bits per heavy atom. The van der Waals surface area contributed by atoms with Gasteiger partial charge < -0.3 is 0 Å². The lowest BCUT2D eigenvalue weighted by atomic mass is 10.4. The summed E-state index contributed by atoms with van der Waals surface area (Å²) in [5.74, 6) is 0. The lowest BCUT2D eigenvalue weighted by Crippen LogP contribution is -1.47. The smallest absolute Gasteiger partial charge is 0.210 e. The highest BCUT2D eigenvalue weighted by Gasteiger charge is 1.57. The molecule has 0 spiro atoms. The number of hydrogen-bond acceptors (Lipinski definition) is 2. The predicted octanol–water partition coefficient (Wildman–Crippen LogP) is 4.39. The summed E-state index contributed by atoms with van der Waals surface area (Å²) >= 11 is 0. The van der Waals surface area contributed by atoms with E-state index in [1.54, 1.807) is 0 Å². The Kier molecular flexibility index (Phi) is 34.0. The van der Waals surface area contributed by atoms with Gasteiger partial charge in [0.15, 0.2) is 0 Å². The molecule has 0 heterocycles. The molecule has 0 aliphatic rings. The molecule has 13 heavy (non-hydrogen) atoms. The third-order valence-corrected chi connectivity index (χ3v) is 0.667. The molecule has 0 amide bonds. The van der Waals surface area contributed by atoms with Crippen LogP contribution in [0.5, 0.6) is 0 Å². The maximum Gasteiger partial charge on any atom is 0.213 e. The molecule has 0 aromatic heterocycles. The number of nitrogens with one attached hydrogen (secondary N) is 1. The van der Waals surface area contributed by atoms with Crippen LogP contribution in [-0.4, -0.2) is 7.05 Å². The van der Waals surface area contributed by atoms with Gasteiger partial charge >= 0.3 is 0 Å².